The lowest BCUT2D eigenvalue weighted by molar-refractivity contribution is -0.163. The Morgan fingerprint density at radius 1 is 1.08 bits per heavy atom. The minimum Gasteiger partial charge on any atom is -0.388 e. The number of hydrogen-bond acceptors (Lipinski definition) is 9. The molecule has 2 aromatic heterocycles. The molecule has 11 heteroatoms. The van der Waals surface area contributed by atoms with Crippen LogP contribution >= 0.6 is 0 Å². The Morgan fingerprint density at radius 3 is 2.47 bits per heavy atom. The second-order valence-electron chi connectivity index (χ2n) is 14.2. The van der Waals surface area contributed by atoms with Crippen molar-refractivity contribution in [3.8, 4) is 11.1 Å². The van der Waals surface area contributed by atoms with Gasteiger partial charge in [-0.3, -0.25) is 9.36 Å². The summed E-state index contributed by atoms with van der Waals surface area (Å²) in [7, 11) is 0. The van der Waals surface area contributed by atoms with Crippen LogP contribution < -0.4 is 11.0 Å². The number of aliphatic imine (C=N–C) groups is 1. The molecule has 3 heterocycles. The number of hydroxylamine groups is 1. The molecule has 0 bridgehead atoms. The fourth-order valence-corrected chi connectivity index (χ4v) is 6.86. The number of aliphatic hydroxyl groups is 1. The van der Waals surface area contributed by atoms with Gasteiger partial charge in [0.05, 0.1) is 29.6 Å². The number of hydrogen-bond donors (Lipinski definition) is 2. The predicted molar refractivity (Wildman–Crippen MR) is 189 cm³/mol. The normalized spacial score (nSPS) is 21.9. The standard InChI is InChI=1S/C38H50N6O5/c1-7-11-32-31(23-26-14-16-27(17-15-26)29-12-9-10-13-30(29)33-41-36(49-42-33)47-22-8-2)34(45)43(35-39-24-40-44(32)35)28-18-20-38(6,21-19-28)48-25(3)37(4,5)46/h9-10,12-17,24-25,28,36,46H,7-8,11,18-23H2,1-6H3,(H,41,42). The first kappa shape index (κ1) is 34.9. The van der Waals surface area contributed by atoms with Crippen LogP contribution in [0.2, 0.25) is 0 Å². The maximum atomic E-state index is 14.5. The lowest BCUT2D eigenvalue weighted by atomic mass is 9.82. The molecular formula is C38H50N6O5. The van der Waals surface area contributed by atoms with E-state index in [9.17, 15) is 9.90 Å². The van der Waals surface area contributed by atoms with Gasteiger partial charge in [-0.05, 0) is 82.9 Å². The van der Waals surface area contributed by atoms with Crippen molar-refractivity contribution >= 4 is 11.6 Å². The largest absolute Gasteiger partial charge is 0.388 e. The minimum absolute atomic E-state index is 0.00270. The number of rotatable bonds is 13. The maximum Gasteiger partial charge on any atom is 0.282 e. The SMILES string of the molecule is CCCOC1N=C(c2ccccc2-c2ccc(Cc3c(CCC)n4ncnc4n(C4CCC(C)(OC(C)C(C)(C)O)CC4)c3=O)cc2)NO1. The molecule has 1 aliphatic heterocycles. The number of nitrogens with one attached hydrogen (secondary N) is 1. The average Bonchev–Trinajstić information content (AvgIpc) is 3.76. The second-order valence-corrected chi connectivity index (χ2v) is 14.2. The third-order valence-corrected chi connectivity index (χ3v) is 9.93. The third kappa shape index (κ3) is 7.50. The third-order valence-electron chi connectivity index (χ3n) is 9.93. The number of ether oxygens (including phenoxy) is 2. The Kier molecular flexibility index (Phi) is 10.4. The van der Waals surface area contributed by atoms with Gasteiger partial charge in [0.15, 0.2) is 5.84 Å². The predicted octanol–water partition coefficient (Wildman–Crippen LogP) is 6.14. The van der Waals surface area contributed by atoms with Crippen molar-refractivity contribution in [1.29, 1.82) is 0 Å². The van der Waals surface area contributed by atoms with E-state index in [0.29, 0.717) is 24.6 Å². The van der Waals surface area contributed by atoms with E-state index in [0.717, 1.165) is 78.5 Å². The molecule has 1 saturated carbocycles. The number of benzene rings is 2. The van der Waals surface area contributed by atoms with Crippen molar-refractivity contribution < 1.29 is 19.4 Å². The van der Waals surface area contributed by atoms with Gasteiger partial charge in [-0.2, -0.15) is 10.1 Å². The van der Waals surface area contributed by atoms with Crippen LogP contribution in [0.4, 0.5) is 0 Å². The molecule has 0 amide bonds. The Bertz CT molecular complexity index is 1830. The fraction of sp³-hybridized carbons (Fsp3) is 0.526. The minimum atomic E-state index is -0.931. The summed E-state index contributed by atoms with van der Waals surface area (Å²) >= 11 is 0. The molecule has 6 rings (SSSR count). The van der Waals surface area contributed by atoms with Gasteiger partial charge < -0.3 is 14.6 Å². The van der Waals surface area contributed by atoms with Crippen LogP contribution in [0, 0.1) is 0 Å². The van der Waals surface area contributed by atoms with Gasteiger partial charge in [0, 0.05) is 23.6 Å². The van der Waals surface area contributed by atoms with E-state index < -0.39 is 12.0 Å². The van der Waals surface area contributed by atoms with E-state index in [-0.39, 0.29) is 23.3 Å². The average molecular weight is 671 g/mol. The Labute approximate surface area is 288 Å². The molecule has 2 N–H and O–H groups in total. The first-order valence-electron chi connectivity index (χ1n) is 17.7. The van der Waals surface area contributed by atoms with E-state index in [1.54, 1.807) is 20.2 Å². The summed E-state index contributed by atoms with van der Waals surface area (Å²) < 4.78 is 15.8. The summed E-state index contributed by atoms with van der Waals surface area (Å²) in [5.74, 6) is 1.23. The van der Waals surface area contributed by atoms with Crippen molar-refractivity contribution in [2.45, 2.75) is 123 Å². The van der Waals surface area contributed by atoms with Crippen LogP contribution in [-0.2, 0) is 27.2 Å². The molecule has 2 aliphatic rings. The highest BCUT2D eigenvalue weighted by molar-refractivity contribution is 6.04. The summed E-state index contributed by atoms with van der Waals surface area (Å²) in [4.78, 5) is 29.2. The molecule has 2 aromatic carbocycles. The molecule has 1 aliphatic carbocycles. The molecular weight excluding hydrogens is 620 g/mol. The van der Waals surface area contributed by atoms with Gasteiger partial charge in [-0.15, -0.1) is 0 Å². The molecule has 11 nitrogen and oxygen atoms in total. The number of aryl methyl sites for hydroxylation is 1. The van der Waals surface area contributed by atoms with Gasteiger partial charge in [-0.1, -0.05) is 68.8 Å². The number of aromatic nitrogens is 4. The molecule has 2 unspecified atom stereocenters. The summed E-state index contributed by atoms with van der Waals surface area (Å²) in [6.07, 6.45) is 6.66. The first-order chi connectivity index (χ1) is 23.5. The van der Waals surface area contributed by atoms with Crippen LogP contribution in [-0.4, -0.2) is 60.4 Å². The zero-order valence-corrected chi connectivity index (χ0v) is 29.6. The molecule has 4 aromatic rings. The molecule has 2 atom stereocenters. The number of fused-ring (bicyclic) bond motifs is 1. The van der Waals surface area contributed by atoms with Crippen LogP contribution in [0.25, 0.3) is 16.9 Å². The topological polar surface area (TPSA) is 125 Å². The molecule has 1 fully saturated rings. The van der Waals surface area contributed by atoms with Crippen LogP contribution in [0.5, 0.6) is 0 Å². The lowest BCUT2D eigenvalue weighted by Crippen LogP contribution is -2.45. The highest BCUT2D eigenvalue weighted by Gasteiger charge is 2.38. The van der Waals surface area contributed by atoms with Crippen LogP contribution in [0.15, 0.2) is 64.6 Å². The molecule has 49 heavy (non-hydrogen) atoms. The highest BCUT2D eigenvalue weighted by atomic mass is 16.8. The van der Waals surface area contributed by atoms with Crippen molar-refractivity contribution in [1.82, 2.24) is 24.6 Å². The molecule has 0 spiro atoms. The van der Waals surface area contributed by atoms with Crippen molar-refractivity contribution in [2.75, 3.05) is 6.61 Å². The van der Waals surface area contributed by atoms with E-state index >= 15 is 0 Å². The zero-order valence-electron chi connectivity index (χ0n) is 29.6. The Balaban J connectivity index is 1.27. The van der Waals surface area contributed by atoms with Gasteiger partial charge in [0.1, 0.15) is 6.33 Å². The number of nitrogens with zero attached hydrogens (tertiary/aromatic N) is 5. The van der Waals surface area contributed by atoms with Crippen LogP contribution in [0.3, 0.4) is 0 Å². The van der Waals surface area contributed by atoms with E-state index in [4.69, 9.17) is 14.3 Å². The lowest BCUT2D eigenvalue weighted by Gasteiger charge is -2.42. The van der Waals surface area contributed by atoms with Gasteiger partial charge in [0.25, 0.3) is 12.0 Å². The number of amidine groups is 1. The van der Waals surface area contributed by atoms with Crippen molar-refractivity contribution in [3.05, 3.63) is 87.6 Å². The second kappa shape index (κ2) is 14.5. The highest BCUT2D eigenvalue weighted by Crippen LogP contribution is 2.39. The quantitative estimate of drug-likeness (QED) is 0.174. The van der Waals surface area contributed by atoms with Gasteiger partial charge in [0.2, 0.25) is 5.78 Å². The van der Waals surface area contributed by atoms with Crippen molar-refractivity contribution in [2.24, 2.45) is 4.99 Å². The summed E-state index contributed by atoms with van der Waals surface area (Å²) in [6.45, 7) is 12.3. The monoisotopic (exact) mass is 670 g/mol. The fourth-order valence-electron chi connectivity index (χ4n) is 6.86. The molecule has 0 saturated heterocycles. The Morgan fingerprint density at radius 2 is 1.80 bits per heavy atom. The summed E-state index contributed by atoms with van der Waals surface area (Å²) in [5, 5.41) is 15.1. The smallest absolute Gasteiger partial charge is 0.282 e. The first-order valence-corrected chi connectivity index (χ1v) is 17.7. The van der Waals surface area contributed by atoms with Gasteiger partial charge in [-0.25, -0.2) is 19.8 Å². The zero-order chi connectivity index (χ0) is 34.8. The maximum absolute atomic E-state index is 14.5. The van der Waals surface area contributed by atoms with Gasteiger partial charge >= 0.3 is 0 Å². The molecule has 262 valence electrons. The summed E-state index contributed by atoms with van der Waals surface area (Å²) in [6, 6.07) is 16.4. The van der Waals surface area contributed by atoms with Crippen molar-refractivity contribution in [3.63, 3.8) is 0 Å². The van der Waals surface area contributed by atoms with E-state index in [1.165, 1.54) is 0 Å². The van der Waals surface area contributed by atoms with E-state index in [2.05, 4.69) is 64.7 Å². The van der Waals surface area contributed by atoms with Crippen LogP contribution in [0.1, 0.15) is 108 Å². The van der Waals surface area contributed by atoms with E-state index in [1.807, 2.05) is 41.1 Å². The Hall–Kier alpha value is -3.90. The molecule has 0 radical (unpaired) electrons. The summed E-state index contributed by atoms with van der Waals surface area (Å²) in [5.41, 5.74) is 7.32.